The molecule has 2 amide bonds. The molecule has 136 valence electrons. The van der Waals surface area contributed by atoms with Crippen LogP contribution in [0.4, 0.5) is 16.3 Å². The minimum atomic E-state index is -0.437. The number of ether oxygens (including phenoxy) is 1. The molecule has 7 heteroatoms. The first-order chi connectivity index (χ1) is 12.5. The number of anilines is 2. The van der Waals surface area contributed by atoms with Gasteiger partial charge in [0, 0.05) is 29.0 Å². The van der Waals surface area contributed by atoms with Crippen molar-refractivity contribution >= 4 is 35.1 Å². The molecule has 1 saturated heterocycles. The zero-order valence-electron chi connectivity index (χ0n) is 14.9. The van der Waals surface area contributed by atoms with E-state index < -0.39 is 5.97 Å². The summed E-state index contributed by atoms with van der Waals surface area (Å²) in [4.78, 5) is 32.6. The molecule has 1 aromatic carbocycles. The molecular weight excluding hydrogens is 354 g/mol. The number of carbonyl (C=O) groups is 2. The molecular formula is C19H20ClN3O3. The van der Waals surface area contributed by atoms with Crippen LogP contribution in [0.25, 0.3) is 0 Å². The number of benzene rings is 1. The van der Waals surface area contributed by atoms with E-state index in [9.17, 15) is 9.59 Å². The Hall–Kier alpha value is -2.60. The maximum absolute atomic E-state index is 13.1. The Morgan fingerprint density at radius 2 is 2.15 bits per heavy atom. The highest BCUT2D eigenvalue weighted by molar-refractivity contribution is 6.31. The van der Waals surface area contributed by atoms with Crippen LogP contribution in [0.2, 0.25) is 5.02 Å². The van der Waals surface area contributed by atoms with Gasteiger partial charge in [-0.05, 0) is 37.6 Å². The molecule has 1 atom stereocenters. The van der Waals surface area contributed by atoms with Crippen LogP contribution in [-0.2, 0) is 11.2 Å². The molecule has 2 aromatic rings. The van der Waals surface area contributed by atoms with Gasteiger partial charge in [-0.15, -0.1) is 0 Å². The van der Waals surface area contributed by atoms with Gasteiger partial charge in [-0.3, -0.25) is 9.80 Å². The Labute approximate surface area is 157 Å². The number of aromatic nitrogens is 1. The number of esters is 1. The smallest absolute Gasteiger partial charge is 0.337 e. The van der Waals surface area contributed by atoms with Crippen molar-refractivity contribution < 1.29 is 14.3 Å². The second-order valence-electron chi connectivity index (χ2n) is 6.10. The monoisotopic (exact) mass is 373 g/mol. The first-order valence-corrected chi connectivity index (χ1v) is 8.78. The number of nitrogens with zero attached hydrogens (tertiary/aromatic N) is 3. The van der Waals surface area contributed by atoms with Crippen molar-refractivity contribution in [2.24, 2.45) is 0 Å². The predicted molar refractivity (Wildman–Crippen MR) is 101 cm³/mol. The summed E-state index contributed by atoms with van der Waals surface area (Å²) in [6.07, 6.45) is 2.29. The minimum absolute atomic E-state index is 0.0825. The standard InChI is InChI=1S/C19H20ClN3O3/c1-4-15-16(20)8-9-21-17(15)22-11-12(2)23(19(22)25)14-7-5-6-13(10-14)18(24)26-3/h5-10,12H,4,11H2,1-3H3/t12-/m1/s1. The minimum Gasteiger partial charge on any atom is -0.465 e. The van der Waals surface area contributed by atoms with Crippen LogP contribution in [0.1, 0.15) is 29.8 Å². The second-order valence-corrected chi connectivity index (χ2v) is 6.51. The molecule has 0 radical (unpaired) electrons. The summed E-state index contributed by atoms with van der Waals surface area (Å²) < 4.78 is 4.76. The molecule has 1 fully saturated rings. The molecule has 0 unspecified atom stereocenters. The lowest BCUT2D eigenvalue weighted by molar-refractivity contribution is 0.0600. The molecule has 0 bridgehead atoms. The van der Waals surface area contributed by atoms with E-state index in [-0.39, 0.29) is 12.1 Å². The summed E-state index contributed by atoms with van der Waals surface area (Å²) >= 11 is 6.27. The lowest BCUT2D eigenvalue weighted by atomic mass is 10.1. The average molecular weight is 374 g/mol. The third kappa shape index (κ3) is 3.12. The number of hydrogen-bond donors (Lipinski definition) is 0. The Morgan fingerprint density at radius 1 is 1.38 bits per heavy atom. The summed E-state index contributed by atoms with van der Waals surface area (Å²) in [5, 5.41) is 0.601. The van der Waals surface area contributed by atoms with Gasteiger partial charge in [-0.1, -0.05) is 24.6 Å². The first kappa shape index (κ1) is 18.2. The fourth-order valence-electron chi connectivity index (χ4n) is 3.20. The summed E-state index contributed by atoms with van der Waals surface area (Å²) in [6.45, 7) is 4.43. The van der Waals surface area contributed by atoms with E-state index in [1.165, 1.54) is 7.11 Å². The summed E-state index contributed by atoms with van der Waals surface area (Å²) in [7, 11) is 1.33. The van der Waals surface area contributed by atoms with Crippen molar-refractivity contribution in [2.45, 2.75) is 26.3 Å². The number of rotatable bonds is 4. The highest BCUT2D eigenvalue weighted by atomic mass is 35.5. The fraction of sp³-hybridized carbons (Fsp3) is 0.316. The lowest BCUT2D eigenvalue weighted by Crippen LogP contribution is -2.34. The Balaban J connectivity index is 1.97. The quantitative estimate of drug-likeness (QED) is 0.762. The van der Waals surface area contributed by atoms with E-state index in [2.05, 4.69) is 4.98 Å². The molecule has 3 rings (SSSR count). The summed E-state index contributed by atoms with van der Waals surface area (Å²) in [5.41, 5.74) is 1.89. The van der Waals surface area contributed by atoms with Gasteiger partial charge >= 0.3 is 12.0 Å². The van der Waals surface area contributed by atoms with Crippen LogP contribution in [0.15, 0.2) is 36.5 Å². The molecule has 2 heterocycles. The number of hydrogen-bond acceptors (Lipinski definition) is 4. The maximum Gasteiger partial charge on any atom is 0.337 e. The van der Waals surface area contributed by atoms with Gasteiger partial charge in [-0.25, -0.2) is 14.6 Å². The van der Waals surface area contributed by atoms with E-state index in [0.717, 1.165) is 5.56 Å². The van der Waals surface area contributed by atoms with Gasteiger partial charge in [0.15, 0.2) is 0 Å². The van der Waals surface area contributed by atoms with Gasteiger partial charge in [0.25, 0.3) is 0 Å². The number of amides is 2. The number of pyridine rings is 1. The largest absolute Gasteiger partial charge is 0.465 e. The third-order valence-electron chi connectivity index (χ3n) is 4.46. The van der Waals surface area contributed by atoms with E-state index in [1.807, 2.05) is 13.8 Å². The predicted octanol–water partition coefficient (Wildman–Crippen LogP) is 3.92. The SMILES string of the molecule is CCc1c(Cl)ccnc1N1C[C@@H](C)N(c2cccc(C(=O)OC)c2)C1=O. The summed E-state index contributed by atoms with van der Waals surface area (Å²) in [6, 6.07) is 8.31. The van der Waals surface area contributed by atoms with Gasteiger partial charge in [-0.2, -0.15) is 0 Å². The highest BCUT2D eigenvalue weighted by Crippen LogP contribution is 2.32. The highest BCUT2D eigenvalue weighted by Gasteiger charge is 2.38. The molecule has 0 saturated carbocycles. The zero-order valence-corrected chi connectivity index (χ0v) is 15.7. The van der Waals surface area contributed by atoms with E-state index >= 15 is 0 Å². The number of carbonyl (C=O) groups excluding carboxylic acids is 2. The first-order valence-electron chi connectivity index (χ1n) is 8.40. The number of halogens is 1. The van der Waals surface area contributed by atoms with Gasteiger partial charge < -0.3 is 4.74 Å². The lowest BCUT2D eigenvalue weighted by Gasteiger charge is -2.22. The zero-order chi connectivity index (χ0) is 18.8. The molecule has 1 aliphatic rings. The van der Waals surface area contributed by atoms with Gasteiger partial charge in [0.2, 0.25) is 0 Å². The molecule has 26 heavy (non-hydrogen) atoms. The maximum atomic E-state index is 13.1. The van der Waals surface area contributed by atoms with E-state index in [4.69, 9.17) is 16.3 Å². The Kier molecular flexibility index (Phi) is 5.13. The summed E-state index contributed by atoms with van der Waals surface area (Å²) in [5.74, 6) is 0.149. The molecule has 0 aliphatic carbocycles. The van der Waals surface area contributed by atoms with Crippen molar-refractivity contribution in [3.63, 3.8) is 0 Å². The van der Waals surface area contributed by atoms with Crippen LogP contribution in [0, 0.1) is 0 Å². The van der Waals surface area contributed by atoms with Crippen molar-refractivity contribution in [3.05, 3.63) is 52.7 Å². The van der Waals surface area contributed by atoms with Crippen molar-refractivity contribution in [3.8, 4) is 0 Å². The van der Waals surface area contributed by atoms with Crippen LogP contribution in [0.3, 0.4) is 0 Å². The van der Waals surface area contributed by atoms with Crippen molar-refractivity contribution in [1.82, 2.24) is 4.98 Å². The van der Waals surface area contributed by atoms with Crippen LogP contribution < -0.4 is 9.80 Å². The molecule has 0 N–H and O–H groups in total. The van der Waals surface area contributed by atoms with Crippen molar-refractivity contribution in [2.75, 3.05) is 23.5 Å². The Morgan fingerprint density at radius 3 is 2.85 bits per heavy atom. The van der Waals surface area contributed by atoms with E-state index in [1.54, 1.807) is 46.3 Å². The Bertz CT molecular complexity index is 856. The van der Waals surface area contributed by atoms with Gasteiger partial charge in [0.05, 0.1) is 18.7 Å². The van der Waals surface area contributed by atoms with Crippen molar-refractivity contribution in [1.29, 1.82) is 0 Å². The molecule has 1 aliphatic heterocycles. The van der Waals surface area contributed by atoms with E-state index in [0.29, 0.717) is 35.1 Å². The van der Waals surface area contributed by atoms with Crippen LogP contribution >= 0.6 is 11.6 Å². The van der Waals surface area contributed by atoms with Crippen LogP contribution in [0.5, 0.6) is 0 Å². The molecule has 1 aromatic heterocycles. The number of urea groups is 1. The van der Waals surface area contributed by atoms with Crippen LogP contribution in [-0.4, -0.2) is 36.7 Å². The molecule has 0 spiro atoms. The van der Waals surface area contributed by atoms with Gasteiger partial charge in [0.1, 0.15) is 5.82 Å². The number of methoxy groups -OCH3 is 1. The molecule has 6 nitrogen and oxygen atoms in total. The average Bonchev–Trinajstić information content (AvgIpc) is 2.95. The topological polar surface area (TPSA) is 62.7 Å². The third-order valence-corrected chi connectivity index (χ3v) is 4.81. The normalized spacial score (nSPS) is 16.9. The second kappa shape index (κ2) is 7.33. The fourth-order valence-corrected chi connectivity index (χ4v) is 3.48.